The molecule has 0 unspecified atom stereocenters. The third-order valence-corrected chi connectivity index (χ3v) is 4.29. The fourth-order valence-corrected chi connectivity index (χ4v) is 2.98. The molecule has 0 radical (unpaired) electrons. The lowest BCUT2D eigenvalue weighted by molar-refractivity contribution is -0.113. The molecule has 0 atom stereocenters. The van der Waals surface area contributed by atoms with Gasteiger partial charge in [-0.05, 0) is 25.1 Å². The number of thioether (sulfide) groups is 1. The van der Waals surface area contributed by atoms with Crippen molar-refractivity contribution >= 4 is 45.8 Å². The van der Waals surface area contributed by atoms with Crippen molar-refractivity contribution in [3.63, 3.8) is 0 Å². The van der Waals surface area contributed by atoms with Gasteiger partial charge in [0.1, 0.15) is 0 Å². The Morgan fingerprint density at radius 1 is 1.41 bits per heavy atom. The second-order valence-corrected chi connectivity index (χ2v) is 6.28. The molecule has 0 saturated heterocycles. The van der Waals surface area contributed by atoms with E-state index in [1.807, 2.05) is 0 Å². The summed E-state index contributed by atoms with van der Waals surface area (Å²) in [4.78, 5) is 23.5. The van der Waals surface area contributed by atoms with Crippen LogP contribution in [0.25, 0.3) is 0 Å². The summed E-state index contributed by atoms with van der Waals surface area (Å²) in [6, 6.07) is 6.59. The van der Waals surface area contributed by atoms with Crippen molar-refractivity contribution in [2.45, 2.75) is 11.3 Å². The summed E-state index contributed by atoms with van der Waals surface area (Å²) in [6.45, 7) is 2.04. The normalized spacial score (nSPS) is 10.2. The van der Waals surface area contributed by atoms with Crippen molar-refractivity contribution in [3.8, 4) is 0 Å². The maximum Gasteiger partial charge on any atom is 0.338 e. The van der Waals surface area contributed by atoms with Gasteiger partial charge in [-0.25, -0.2) is 4.79 Å². The minimum absolute atomic E-state index is 0.179. The first-order valence-electron chi connectivity index (χ1n) is 6.37. The largest absolute Gasteiger partial charge is 0.462 e. The monoisotopic (exact) mass is 338 g/mol. The van der Waals surface area contributed by atoms with E-state index < -0.39 is 5.97 Å². The Labute approximate surface area is 135 Å². The van der Waals surface area contributed by atoms with E-state index in [9.17, 15) is 9.59 Å². The summed E-state index contributed by atoms with van der Waals surface area (Å²) in [7, 11) is 0. The van der Waals surface area contributed by atoms with Crippen LogP contribution >= 0.6 is 23.1 Å². The topological polar surface area (TPSA) is 107 Å². The van der Waals surface area contributed by atoms with Crippen molar-refractivity contribution in [3.05, 3.63) is 29.8 Å². The number of carbonyl (C=O) groups excluding carboxylic acids is 2. The zero-order valence-electron chi connectivity index (χ0n) is 11.7. The first-order valence-corrected chi connectivity index (χ1v) is 8.17. The second kappa shape index (κ2) is 7.76. The average Bonchev–Trinajstić information content (AvgIpc) is 2.91. The second-order valence-electron chi connectivity index (χ2n) is 4.04. The van der Waals surface area contributed by atoms with Crippen molar-refractivity contribution in [2.24, 2.45) is 0 Å². The van der Waals surface area contributed by atoms with Crippen LogP contribution in [0.15, 0.2) is 28.6 Å². The Bertz CT molecular complexity index is 675. The van der Waals surface area contributed by atoms with Crippen LogP contribution in [0.4, 0.5) is 10.8 Å². The van der Waals surface area contributed by atoms with Crippen LogP contribution in [0.2, 0.25) is 0 Å². The molecule has 2 aromatic rings. The van der Waals surface area contributed by atoms with Gasteiger partial charge in [0.05, 0.1) is 17.9 Å². The molecule has 116 valence electrons. The van der Waals surface area contributed by atoms with Crippen molar-refractivity contribution < 1.29 is 14.3 Å². The number of nitrogen functional groups attached to an aromatic ring is 1. The van der Waals surface area contributed by atoms with Gasteiger partial charge in [-0.2, -0.15) is 0 Å². The molecule has 3 N–H and O–H groups in total. The van der Waals surface area contributed by atoms with Crippen LogP contribution in [0, 0.1) is 0 Å². The predicted octanol–water partition coefficient (Wildman–Crippen LogP) is 2.03. The van der Waals surface area contributed by atoms with E-state index in [0.717, 1.165) is 0 Å². The van der Waals surface area contributed by atoms with Crippen LogP contribution in [-0.4, -0.2) is 34.4 Å². The quantitative estimate of drug-likeness (QED) is 0.613. The zero-order chi connectivity index (χ0) is 15.9. The lowest BCUT2D eigenvalue weighted by Gasteiger charge is -2.06. The minimum Gasteiger partial charge on any atom is -0.462 e. The van der Waals surface area contributed by atoms with Crippen LogP contribution in [0.1, 0.15) is 17.3 Å². The zero-order valence-corrected chi connectivity index (χ0v) is 13.4. The standard InChI is InChI=1S/C13H14N4O3S2/c1-2-20-11(19)8-4-3-5-9(6-8)15-10(18)7-21-13-17-16-12(14)22-13/h3-6H,2,7H2,1H3,(H2,14,16)(H,15,18). The lowest BCUT2D eigenvalue weighted by atomic mass is 10.2. The van der Waals surface area contributed by atoms with Gasteiger partial charge in [0, 0.05) is 5.69 Å². The fraction of sp³-hybridized carbons (Fsp3) is 0.231. The first kappa shape index (κ1) is 16.2. The number of nitrogens with zero attached hydrogens (tertiary/aromatic N) is 2. The highest BCUT2D eigenvalue weighted by Crippen LogP contribution is 2.23. The van der Waals surface area contributed by atoms with Crippen LogP contribution in [-0.2, 0) is 9.53 Å². The lowest BCUT2D eigenvalue weighted by Crippen LogP contribution is -2.14. The highest BCUT2D eigenvalue weighted by atomic mass is 32.2. The number of carbonyl (C=O) groups is 2. The molecular formula is C13H14N4O3S2. The molecule has 0 aliphatic carbocycles. The number of hydrogen-bond donors (Lipinski definition) is 2. The number of anilines is 2. The van der Waals surface area contributed by atoms with Gasteiger partial charge in [0.25, 0.3) is 0 Å². The molecule has 1 amide bonds. The first-order chi connectivity index (χ1) is 10.6. The number of aromatic nitrogens is 2. The summed E-state index contributed by atoms with van der Waals surface area (Å²) >= 11 is 2.47. The number of amides is 1. The Balaban J connectivity index is 1.91. The molecule has 0 aliphatic rings. The highest BCUT2D eigenvalue weighted by Gasteiger charge is 2.10. The number of nitrogens with one attached hydrogen (secondary N) is 1. The van der Waals surface area contributed by atoms with Crippen LogP contribution in [0.5, 0.6) is 0 Å². The van der Waals surface area contributed by atoms with Crippen LogP contribution < -0.4 is 11.1 Å². The van der Waals surface area contributed by atoms with Gasteiger partial charge in [-0.15, -0.1) is 10.2 Å². The van der Waals surface area contributed by atoms with E-state index in [1.54, 1.807) is 31.2 Å². The van der Waals surface area contributed by atoms with Gasteiger partial charge in [-0.3, -0.25) is 4.79 Å². The van der Waals surface area contributed by atoms with Crippen molar-refractivity contribution in [1.82, 2.24) is 10.2 Å². The summed E-state index contributed by atoms with van der Waals surface area (Å²) in [5.41, 5.74) is 6.39. The molecule has 0 aliphatic heterocycles. The Hall–Kier alpha value is -2.13. The van der Waals surface area contributed by atoms with E-state index in [4.69, 9.17) is 10.5 Å². The molecule has 0 spiro atoms. The number of benzene rings is 1. The third kappa shape index (κ3) is 4.71. The predicted molar refractivity (Wildman–Crippen MR) is 86.1 cm³/mol. The van der Waals surface area contributed by atoms with Crippen LogP contribution in [0.3, 0.4) is 0 Å². The smallest absolute Gasteiger partial charge is 0.338 e. The molecule has 1 aromatic carbocycles. The third-order valence-electron chi connectivity index (χ3n) is 2.41. The molecular weight excluding hydrogens is 324 g/mol. The highest BCUT2D eigenvalue weighted by molar-refractivity contribution is 8.01. The van der Waals surface area contributed by atoms with Gasteiger partial charge >= 0.3 is 5.97 Å². The molecule has 9 heteroatoms. The SMILES string of the molecule is CCOC(=O)c1cccc(NC(=O)CSc2nnc(N)s2)c1. The molecule has 1 heterocycles. The Kier molecular flexibility index (Phi) is 5.73. The van der Waals surface area contributed by atoms with E-state index in [0.29, 0.717) is 27.3 Å². The van der Waals surface area contributed by atoms with E-state index in [-0.39, 0.29) is 11.7 Å². The summed E-state index contributed by atoms with van der Waals surface area (Å²) < 4.78 is 5.55. The molecule has 0 bridgehead atoms. The molecule has 0 saturated carbocycles. The van der Waals surface area contributed by atoms with E-state index in [2.05, 4.69) is 15.5 Å². The summed E-state index contributed by atoms with van der Waals surface area (Å²) in [6.07, 6.45) is 0. The van der Waals surface area contributed by atoms with Gasteiger partial charge in [-0.1, -0.05) is 29.2 Å². The van der Waals surface area contributed by atoms with E-state index >= 15 is 0 Å². The molecule has 7 nitrogen and oxygen atoms in total. The maximum atomic E-state index is 11.9. The number of ether oxygens (including phenoxy) is 1. The Morgan fingerprint density at radius 2 is 2.23 bits per heavy atom. The van der Waals surface area contributed by atoms with Crippen molar-refractivity contribution in [2.75, 3.05) is 23.4 Å². The van der Waals surface area contributed by atoms with Gasteiger partial charge in [0.15, 0.2) is 4.34 Å². The number of nitrogens with two attached hydrogens (primary N) is 1. The minimum atomic E-state index is -0.419. The number of esters is 1. The average molecular weight is 338 g/mol. The molecule has 1 aromatic heterocycles. The van der Waals surface area contributed by atoms with Crippen molar-refractivity contribution in [1.29, 1.82) is 0 Å². The summed E-state index contributed by atoms with van der Waals surface area (Å²) in [5, 5.41) is 10.6. The summed E-state index contributed by atoms with van der Waals surface area (Å²) in [5.74, 6) is -0.449. The molecule has 2 rings (SSSR count). The fourth-order valence-electron chi connectivity index (χ4n) is 1.54. The number of rotatable bonds is 6. The van der Waals surface area contributed by atoms with Gasteiger partial charge < -0.3 is 15.8 Å². The maximum absolute atomic E-state index is 11.9. The number of hydrogen-bond acceptors (Lipinski definition) is 8. The Morgan fingerprint density at radius 3 is 2.91 bits per heavy atom. The van der Waals surface area contributed by atoms with E-state index in [1.165, 1.54) is 23.1 Å². The molecule has 0 fully saturated rings. The molecule has 22 heavy (non-hydrogen) atoms. The van der Waals surface area contributed by atoms with Gasteiger partial charge in [0.2, 0.25) is 11.0 Å².